The summed E-state index contributed by atoms with van der Waals surface area (Å²) in [6.45, 7) is 1.79. The highest BCUT2D eigenvalue weighted by Crippen LogP contribution is 2.38. The maximum Gasteiger partial charge on any atom is 0.391 e. The third-order valence-electron chi connectivity index (χ3n) is 3.99. The summed E-state index contributed by atoms with van der Waals surface area (Å²) in [5.74, 6) is -1.56. The van der Waals surface area contributed by atoms with Gasteiger partial charge in [-0.3, -0.25) is 0 Å². The van der Waals surface area contributed by atoms with Gasteiger partial charge in [-0.1, -0.05) is 24.6 Å². The molecule has 0 saturated heterocycles. The van der Waals surface area contributed by atoms with E-state index < -0.39 is 12.1 Å². The molecule has 1 fully saturated rings. The van der Waals surface area contributed by atoms with Gasteiger partial charge in [0.2, 0.25) is 0 Å². The number of halogens is 4. The normalized spacial score (nSPS) is 25.4. The molecular weight excluding hydrogens is 270 g/mol. The van der Waals surface area contributed by atoms with Crippen LogP contribution in [-0.4, -0.2) is 12.2 Å². The predicted octanol–water partition coefficient (Wildman–Crippen LogP) is 4.60. The average molecular weight is 289 g/mol. The Bertz CT molecular complexity index is 444. The van der Waals surface area contributed by atoms with Gasteiger partial charge in [-0.15, -0.1) is 0 Å². The van der Waals surface area contributed by atoms with Crippen LogP contribution in [0.5, 0.6) is 0 Å². The minimum atomic E-state index is -4.12. The summed E-state index contributed by atoms with van der Waals surface area (Å²) < 4.78 is 51.9. The smallest absolute Gasteiger partial charge is 0.307 e. The molecule has 0 amide bonds. The number of alkyl halides is 3. The zero-order valence-electron chi connectivity index (χ0n) is 11.4. The molecule has 2 rings (SSSR count). The second-order valence-corrected chi connectivity index (χ2v) is 5.51. The maximum absolute atomic E-state index is 13.6. The first kappa shape index (κ1) is 15.3. The van der Waals surface area contributed by atoms with Crippen molar-refractivity contribution in [1.29, 1.82) is 0 Å². The van der Waals surface area contributed by atoms with Gasteiger partial charge in [0.1, 0.15) is 5.82 Å². The number of hydrogen-bond donors (Lipinski definition) is 1. The first-order chi connectivity index (χ1) is 9.38. The summed E-state index contributed by atoms with van der Waals surface area (Å²) >= 11 is 0. The highest BCUT2D eigenvalue weighted by atomic mass is 19.4. The molecule has 2 unspecified atom stereocenters. The number of nitrogens with one attached hydrogen (secondary N) is 1. The standard InChI is InChI=1S/C15H19F4N/c1-10(13-7-2-3-8-14(13)16)20-12-6-4-5-11(9-12)15(17,18)19/h2-3,7-8,10-12,20H,4-6,9H2,1H3/t10-,11?,12?/m1/s1. The fraction of sp³-hybridized carbons (Fsp3) is 0.600. The molecule has 0 spiro atoms. The van der Waals surface area contributed by atoms with Crippen LogP contribution in [0.15, 0.2) is 24.3 Å². The second-order valence-electron chi connectivity index (χ2n) is 5.51. The van der Waals surface area contributed by atoms with Crippen LogP contribution in [0.4, 0.5) is 17.6 Å². The van der Waals surface area contributed by atoms with Gasteiger partial charge in [0.05, 0.1) is 5.92 Å². The zero-order chi connectivity index (χ0) is 14.8. The summed E-state index contributed by atoms with van der Waals surface area (Å²) in [6, 6.07) is 5.88. The average Bonchev–Trinajstić information content (AvgIpc) is 2.38. The summed E-state index contributed by atoms with van der Waals surface area (Å²) in [6.07, 6.45) is -2.56. The van der Waals surface area contributed by atoms with Crippen LogP contribution in [0.2, 0.25) is 0 Å². The molecule has 1 aliphatic carbocycles. The summed E-state index contributed by atoms with van der Waals surface area (Å²) in [5.41, 5.74) is 0.502. The van der Waals surface area contributed by atoms with Gasteiger partial charge in [0.15, 0.2) is 0 Å². The first-order valence-electron chi connectivity index (χ1n) is 6.95. The minimum Gasteiger partial charge on any atom is -0.307 e. The maximum atomic E-state index is 13.6. The van der Waals surface area contributed by atoms with Gasteiger partial charge in [-0.05, 0) is 32.3 Å². The monoisotopic (exact) mass is 289 g/mol. The van der Waals surface area contributed by atoms with Crippen molar-refractivity contribution < 1.29 is 17.6 Å². The van der Waals surface area contributed by atoms with Crippen molar-refractivity contribution in [3.05, 3.63) is 35.6 Å². The van der Waals surface area contributed by atoms with E-state index >= 15 is 0 Å². The van der Waals surface area contributed by atoms with Crippen molar-refractivity contribution in [2.75, 3.05) is 0 Å². The third-order valence-corrected chi connectivity index (χ3v) is 3.99. The molecule has 1 N–H and O–H groups in total. The number of rotatable bonds is 3. The van der Waals surface area contributed by atoms with Crippen molar-refractivity contribution in [1.82, 2.24) is 5.32 Å². The lowest BCUT2D eigenvalue weighted by Crippen LogP contribution is -2.40. The van der Waals surface area contributed by atoms with E-state index in [1.807, 2.05) is 0 Å². The Morgan fingerprint density at radius 3 is 2.55 bits per heavy atom. The highest BCUT2D eigenvalue weighted by molar-refractivity contribution is 5.20. The van der Waals surface area contributed by atoms with E-state index in [1.54, 1.807) is 25.1 Å². The van der Waals surface area contributed by atoms with Crippen molar-refractivity contribution in [2.24, 2.45) is 5.92 Å². The molecule has 0 radical (unpaired) electrons. The predicted molar refractivity (Wildman–Crippen MR) is 69.8 cm³/mol. The van der Waals surface area contributed by atoms with Gasteiger partial charge in [-0.2, -0.15) is 13.2 Å². The Balaban J connectivity index is 1.98. The highest BCUT2D eigenvalue weighted by Gasteiger charge is 2.42. The lowest BCUT2D eigenvalue weighted by Gasteiger charge is -2.33. The van der Waals surface area contributed by atoms with E-state index in [0.717, 1.165) is 0 Å². The summed E-state index contributed by atoms with van der Waals surface area (Å²) in [7, 11) is 0. The number of benzene rings is 1. The molecule has 3 atom stereocenters. The van der Waals surface area contributed by atoms with E-state index in [9.17, 15) is 17.6 Å². The Morgan fingerprint density at radius 1 is 1.20 bits per heavy atom. The minimum absolute atomic E-state index is 0.0856. The molecule has 5 heteroatoms. The van der Waals surface area contributed by atoms with Gasteiger partial charge in [0.25, 0.3) is 0 Å². The summed E-state index contributed by atoms with van der Waals surface area (Å²) in [4.78, 5) is 0. The lowest BCUT2D eigenvalue weighted by atomic mass is 9.84. The van der Waals surface area contributed by atoms with Crippen LogP contribution in [0.25, 0.3) is 0 Å². The molecule has 112 valence electrons. The van der Waals surface area contributed by atoms with Gasteiger partial charge in [-0.25, -0.2) is 4.39 Å². The molecule has 1 saturated carbocycles. The molecule has 0 aliphatic heterocycles. The second kappa shape index (κ2) is 6.12. The summed E-state index contributed by atoms with van der Waals surface area (Å²) in [5, 5.41) is 3.14. The van der Waals surface area contributed by atoms with Gasteiger partial charge in [0, 0.05) is 17.6 Å². The molecule has 1 aromatic carbocycles. The topological polar surface area (TPSA) is 12.0 Å². The molecule has 1 aliphatic rings. The van der Waals surface area contributed by atoms with Crippen LogP contribution >= 0.6 is 0 Å². The fourth-order valence-corrected chi connectivity index (χ4v) is 2.91. The van der Waals surface area contributed by atoms with Crippen LogP contribution in [0.1, 0.15) is 44.2 Å². The van der Waals surface area contributed by atoms with Crippen molar-refractivity contribution in [3.63, 3.8) is 0 Å². The van der Waals surface area contributed by atoms with E-state index in [-0.39, 0.29) is 30.7 Å². The van der Waals surface area contributed by atoms with Crippen LogP contribution in [0.3, 0.4) is 0 Å². The molecule has 20 heavy (non-hydrogen) atoms. The molecule has 0 heterocycles. The molecule has 1 nitrogen and oxygen atoms in total. The zero-order valence-corrected chi connectivity index (χ0v) is 11.4. The Kier molecular flexibility index (Phi) is 4.68. The molecular formula is C15H19F4N. The van der Waals surface area contributed by atoms with E-state index in [4.69, 9.17) is 0 Å². The quantitative estimate of drug-likeness (QED) is 0.802. The van der Waals surface area contributed by atoms with Gasteiger partial charge < -0.3 is 5.32 Å². The Hall–Kier alpha value is -1.10. The van der Waals surface area contributed by atoms with Gasteiger partial charge >= 0.3 is 6.18 Å². The fourth-order valence-electron chi connectivity index (χ4n) is 2.91. The van der Waals surface area contributed by atoms with Crippen molar-refractivity contribution in [2.45, 2.75) is 50.9 Å². The van der Waals surface area contributed by atoms with E-state index in [1.165, 1.54) is 6.07 Å². The SMILES string of the molecule is C[C@@H](NC1CCCC(C(F)(F)F)C1)c1ccccc1F. The Labute approximate surface area is 116 Å². The van der Waals surface area contributed by atoms with Crippen LogP contribution in [-0.2, 0) is 0 Å². The molecule has 0 bridgehead atoms. The Morgan fingerprint density at radius 2 is 1.90 bits per heavy atom. The third kappa shape index (κ3) is 3.72. The van der Waals surface area contributed by atoms with E-state index in [2.05, 4.69) is 5.32 Å². The van der Waals surface area contributed by atoms with Crippen LogP contribution < -0.4 is 5.32 Å². The first-order valence-corrected chi connectivity index (χ1v) is 6.95. The lowest BCUT2D eigenvalue weighted by molar-refractivity contribution is -0.183. The molecule has 1 aromatic rings. The van der Waals surface area contributed by atoms with Crippen LogP contribution in [0, 0.1) is 11.7 Å². The largest absolute Gasteiger partial charge is 0.391 e. The van der Waals surface area contributed by atoms with Crippen molar-refractivity contribution >= 4 is 0 Å². The molecule has 0 aromatic heterocycles. The number of hydrogen-bond acceptors (Lipinski definition) is 1. The van der Waals surface area contributed by atoms with Crippen molar-refractivity contribution in [3.8, 4) is 0 Å². The van der Waals surface area contributed by atoms with E-state index in [0.29, 0.717) is 18.4 Å².